The minimum atomic E-state index is -1.17. The summed E-state index contributed by atoms with van der Waals surface area (Å²) in [6, 6.07) is -2.64. The second-order valence-electron chi connectivity index (χ2n) is 7.09. The molecule has 0 radical (unpaired) electrons. The Morgan fingerprint density at radius 3 is 2.13 bits per heavy atom. The number of hydrogen-bond donors (Lipinski definition) is 7. The second-order valence-corrected chi connectivity index (χ2v) is 7.09. The van der Waals surface area contributed by atoms with Gasteiger partial charge in [-0.2, -0.15) is 0 Å². The molecule has 1 rings (SSSR count). The van der Waals surface area contributed by atoms with Crippen LogP contribution < -0.4 is 34.0 Å². The normalized spacial score (nSPS) is 17.6. The number of rotatable bonds is 12. The van der Waals surface area contributed by atoms with Gasteiger partial charge in [0.2, 0.25) is 11.8 Å². The van der Waals surface area contributed by atoms with Crippen LogP contribution in [-0.2, 0) is 14.4 Å². The van der Waals surface area contributed by atoms with E-state index >= 15 is 0 Å². The summed E-state index contributed by atoms with van der Waals surface area (Å²) in [4.78, 5) is 45.8. The Bertz CT molecular complexity index is 660. The summed E-state index contributed by atoms with van der Waals surface area (Å²) in [5.41, 5.74) is 26.9. The van der Waals surface area contributed by atoms with Crippen molar-refractivity contribution in [1.82, 2.24) is 10.2 Å². The number of amides is 2. The van der Waals surface area contributed by atoms with Crippen LogP contribution in [0.2, 0.25) is 0 Å². The summed E-state index contributed by atoms with van der Waals surface area (Å²) in [5, 5.41) is 11.9. The maximum atomic E-state index is 12.7. The van der Waals surface area contributed by atoms with Crippen LogP contribution in [0.15, 0.2) is 9.98 Å². The van der Waals surface area contributed by atoms with Gasteiger partial charge in [-0.1, -0.05) is 0 Å². The molecule has 30 heavy (non-hydrogen) atoms. The number of carboxylic acids is 1. The van der Waals surface area contributed by atoms with Crippen molar-refractivity contribution >= 4 is 29.7 Å². The third-order valence-corrected chi connectivity index (χ3v) is 4.68. The van der Waals surface area contributed by atoms with Gasteiger partial charge < -0.3 is 44.0 Å². The van der Waals surface area contributed by atoms with E-state index in [4.69, 9.17) is 28.7 Å². The van der Waals surface area contributed by atoms with E-state index < -0.39 is 30.0 Å². The molecule has 0 aliphatic carbocycles. The van der Waals surface area contributed by atoms with Crippen LogP contribution in [0.3, 0.4) is 0 Å². The summed E-state index contributed by atoms with van der Waals surface area (Å²) >= 11 is 0. The van der Waals surface area contributed by atoms with Crippen molar-refractivity contribution in [1.29, 1.82) is 0 Å². The Balaban J connectivity index is 2.62. The molecule has 1 heterocycles. The highest BCUT2D eigenvalue weighted by atomic mass is 16.4. The fourth-order valence-electron chi connectivity index (χ4n) is 3.19. The van der Waals surface area contributed by atoms with E-state index in [9.17, 15) is 19.5 Å². The van der Waals surface area contributed by atoms with Crippen molar-refractivity contribution in [2.45, 2.75) is 56.7 Å². The lowest BCUT2D eigenvalue weighted by atomic mass is 10.1. The Kier molecular flexibility index (Phi) is 10.4. The largest absolute Gasteiger partial charge is 0.480 e. The van der Waals surface area contributed by atoms with Crippen molar-refractivity contribution in [2.75, 3.05) is 19.6 Å². The van der Waals surface area contributed by atoms with E-state index in [1.165, 1.54) is 4.90 Å². The van der Waals surface area contributed by atoms with Gasteiger partial charge in [0.1, 0.15) is 12.1 Å². The number of nitrogens with zero attached hydrogens (tertiary/aromatic N) is 3. The number of carboxylic acid groups (broad SMARTS) is 1. The molecule has 0 bridgehead atoms. The Morgan fingerprint density at radius 1 is 1.03 bits per heavy atom. The van der Waals surface area contributed by atoms with Gasteiger partial charge in [0.05, 0.1) is 6.04 Å². The van der Waals surface area contributed by atoms with Gasteiger partial charge in [-0.25, -0.2) is 4.79 Å². The summed E-state index contributed by atoms with van der Waals surface area (Å²) in [7, 11) is 0. The number of carbonyl (C=O) groups excluding carboxylic acids is 2. The van der Waals surface area contributed by atoms with Crippen molar-refractivity contribution in [3.05, 3.63) is 0 Å². The zero-order valence-electron chi connectivity index (χ0n) is 17.0. The first-order chi connectivity index (χ1) is 14.1. The molecule has 12 N–H and O–H groups in total. The molecule has 1 saturated heterocycles. The molecule has 0 aromatic heterocycles. The number of carbonyl (C=O) groups is 3. The lowest BCUT2D eigenvalue weighted by Gasteiger charge is -2.27. The molecule has 0 aromatic carbocycles. The average Bonchev–Trinajstić information content (AvgIpc) is 3.16. The number of aliphatic carboxylic acids is 1. The highest BCUT2D eigenvalue weighted by Gasteiger charge is 2.37. The highest BCUT2D eigenvalue weighted by Crippen LogP contribution is 2.19. The zero-order valence-corrected chi connectivity index (χ0v) is 17.0. The molecular formula is C17H33N9O4. The molecule has 170 valence electrons. The molecule has 3 unspecified atom stereocenters. The Morgan fingerprint density at radius 2 is 1.60 bits per heavy atom. The summed E-state index contributed by atoms with van der Waals surface area (Å²) in [6.45, 7) is 0.999. The number of nitrogens with one attached hydrogen (secondary N) is 1. The summed E-state index contributed by atoms with van der Waals surface area (Å²) in [5.74, 6) is -2.14. The summed E-state index contributed by atoms with van der Waals surface area (Å²) in [6.07, 6.45) is 2.49. The van der Waals surface area contributed by atoms with Crippen LogP contribution >= 0.6 is 0 Å². The first-order valence-corrected chi connectivity index (χ1v) is 9.83. The predicted molar refractivity (Wildman–Crippen MR) is 112 cm³/mol. The fraction of sp³-hybridized carbons (Fsp3) is 0.706. The molecule has 1 aliphatic heterocycles. The lowest BCUT2D eigenvalue weighted by Crippen LogP contribution is -2.53. The number of likely N-dealkylation sites (tertiary alicyclic amines) is 1. The average molecular weight is 428 g/mol. The SMILES string of the molecule is NC(N)=NCCCC(N)C(=O)N1CCCC1C(=O)NC(CCCN=C(N)N)C(=O)O. The molecule has 13 heteroatoms. The van der Waals surface area contributed by atoms with Gasteiger partial charge in [-0.15, -0.1) is 0 Å². The quantitative estimate of drug-likeness (QED) is 0.0950. The van der Waals surface area contributed by atoms with Crippen molar-refractivity contribution in [3.63, 3.8) is 0 Å². The third kappa shape index (κ3) is 8.51. The Hall–Kier alpha value is -3.09. The molecule has 13 nitrogen and oxygen atoms in total. The number of guanidine groups is 2. The van der Waals surface area contributed by atoms with Crippen molar-refractivity contribution in [3.8, 4) is 0 Å². The van der Waals surface area contributed by atoms with Crippen molar-refractivity contribution < 1.29 is 19.5 Å². The molecule has 1 aliphatic rings. The van der Waals surface area contributed by atoms with E-state index in [1.807, 2.05) is 0 Å². The summed E-state index contributed by atoms with van der Waals surface area (Å²) < 4.78 is 0. The minimum absolute atomic E-state index is 0.0301. The monoisotopic (exact) mass is 427 g/mol. The molecule has 1 fully saturated rings. The van der Waals surface area contributed by atoms with Crippen LogP contribution in [-0.4, -0.2) is 77.5 Å². The number of nitrogens with two attached hydrogens (primary N) is 5. The third-order valence-electron chi connectivity index (χ3n) is 4.68. The van der Waals surface area contributed by atoms with Crippen LogP contribution in [0.1, 0.15) is 38.5 Å². The van der Waals surface area contributed by atoms with E-state index in [0.29, 0.717) is 45.2 Å². The molecule has 0 saturated carbocycles. The molecular weight excluding hydrogens is 394 g/mol. The topological polar surface area (TPSA) is 242 Å². The molecule has 2 amide bonds. The van der Waals surface area contributed by atoms with Crippen LogP contribution in [0.4, 0.5) is 0 Å². The van der Waals surface area contributed by atoms with E-state index in [1.54, 1.807) is 0 Å². The van der Waals surface area contributed by atoms with E-state index in [-0.39, 0.29) is 30.8 Å². The number of aliphatic imine (C=N–C) groups is 2. The number of hydrogen-bond acceptors (Lipinski definition) is 6. The van der Waals surface area contributed by atoms with Crippen LogP contribution in [0, 0.1) is 0 Å². The van der Waals surface area contributed by atoms with E-state index in [2.05, 4.69) is 15.3 Å². The van der Waals surface area contributed by atoms with Crippen LogP contribution in [0.5, 0.6) is 0 Å². The zero-order chi connectivity index (χ0) is 22.7. The van der Waals surface area contributed by atoms with Gasteiger partial charge in [0.25, 0.3) is 0 Å². The smallest absolute Gasteiger partial charge is 0.326 e. The first kappa shape index (κ1) is 24.9. The minimum Gasteiger partial charge on any atom is -0.480 e. The first-order valence-electron chi connectivity index (χ1n) is 9.83. The maximum absolute atomic E-state index is 12.7. The predicted octanol–water partition coefficient (Wildman–Crippen LogP) is -3.02. The van der Waals surface area contributed by atoms with Crippen LogP contribution in [0.25, 0.3) is 0 Å². The standard InChI is InChI=1S/C17H33N9O4/c18-10(4-1-7-23-16(19)20)14(28)26-9-3-6-12(26)13(27)25-11(15(29)30)5-2-8-24-17(21)22/h10-12H,1-9,18H2,(H,25,27)(H,29,30)(H4,19,20,23)(H4,21,22,24). The highest BCUT2D eigenvalue weighted by molar-refractivity contribution is 5.92. The molecule has 0 spiro atoms. The molecule has 0 aromatic rings. The van der Waals surface area contributed by atoms with Gasteiger partial charge >= 0.3 is 5.97 Å². The Labute approximate surface area is 175 Å². The van der Waals surface area contributed by atoms with E-state index in [0.717, 1.165) is 0 Å². The van der Waals surface area contributed by atoms with Gasteiger partial charge in [-0.05, 0) is 38.5 Å². The molecule has 3 atom stereocenters. The lowest BCUT2D eigenvalue weighted by molar-refractivity contribution is -0.144. The fourth-order valence-corrected chi connectivity index (χ4v) is 3.19. The van der Waals surface area contributed by atoms with Crippen molar-refractivity contribution in [2.24, 2.45) is 38.7 Å². The van der Waals surface area contributed by atoms with Gasteiger partial charge in [0.15, 0.2) is 11.9 Å². The maximum Gasteiger partial charge on any atom is 0.326 e. The van der Waals surface area contributed by atoms with Gasteiger partial charge in [0, 0.05) is 19.6 Å². The van der Waals surface area contributed by atoms with Gasteiger partial charge in [-0.3, -0.25) is 19.6 Å². The second kappa shape index (κ2) is 12.5.